The van der Waals surface area contributed by atoms with Gasteiger partial charge in [0.25, 0.3) is 0 Å². The van der Waals surface area contributed by atoms with Crippen LogP contribution in [0.25, 0.3) is 0 Å². The van der Waals surface area contributed by atoms with Gasteiger partial charge in [-0.3, -0.25) is 8.80 Å². The van der Waals surface area contributed by atoms with Gasteiger partial charge in [0, 0.05) is 0 Å². The largest absolute Gasteiger partial charge is 0.267 e. The summed E-state index contributed by atoms with van der Waals surface area (Å²) in [7, 11) is 0.0665. The van der Waals surface area contributed by atoms with E-state index in [1.807, 2.05) is 0 Å². The lowest BCUT2D eigenvalue weighted by atomic mass is 9.91. The molecule has 0 amide bonds. The first kappa shape index (κ1) is 8.31. The van der Waals surface area contributed by atoms with Gasteiger partial charge in [-0.1, -0.05) is 38.0 Å². The van der Waals surface area contributed by atoms with Crippen LogP contribution < -0.4 is 0 Å². The van der Waals surface area contributed by atoms with E-state index in [4.69, 9.17) is 0 Å². The molecule has 0 nitrogen and oxygen atoms in total. The summed E-state index contributed by atoms with van der Waals surface area (Å²) in [6.45, 7) is 4.89. The van der Waals surface area contributed by atoms with Gasteiger partial charge in [0.2, 0.25) is 0 Å². The fourth-order valence-electron chi connectivity index (χ4n) is 1.97. The molecule has 0 aromatic carbocycles. The topological polar surface area (TPSA) is 0 Å². The average molecular weight is 155 g/mol. The fraction of sp³-hybridized carbons (Fsp3) is 1.00. The van der Waals surface area contributed by atoms with Crippen molar-refractivity contribution in [1.29, 1.82) is 0 Å². The first-order valence-electron chi connectivity index (χ1n) is 4.58. The van der Waals surface area contributed by atoms with Crippen molar-refractivity contribution >= 4 is 8.80 Å². The summed E-state index contributed by atoms with van der Waals surface area (Å²) in [5.41, 5.74) is 0. The molecule has 0 heterocycles. The van der Waals surface area contributed by atoms with E-state index < -0.39 is 0 Å². The highest BCUT2D eigenvalue weighted by Gasteiger charge is 2.09. The summed E-state index contributed by atoms with van der Waals surface area (Å²) in [5.74, 6) is 1.12. The van der Waals surface area contributed by atoms with Crippen molar-refractivity contribution < 1.29 is 0 Å². The van der Waals surface area contributed by atoms with E-state index in [1.165, 1.54) is 32.1 Å². The van der Waals surface area contributed by atoms with E-state index in [2.05, 4.69) is 13.1 Å². The fourth-order valence-corrected chi connectivity index (χ4v) is 3.53. The zero-order valence-electron chi connectivity index (χ0n) is 7.32. The highest BCUT2D eigenvalue weighted by Crippen LogP contribution is 2.27. The van der Waals surface area contributed by atoms with Crippen LogP contribution in [0.3, 0.4) is 0 Å². The summed E-state index contributed by atoms with van der Waals surface area (Å²) < 4.78 is 0. The lowest BCUT2D eigenvalue weighted by Crippen LogP contribution is -2.12. The first-order valence-corrected chi connectivity index (χ1v) is 7.29. The summed E-state index contributed by atoms with van der Waals surface area (Å²) >= 11 is 0. The molecule has 1 saturated carbocycles. The zero-order valence-corrected chi connectivity index (χ0v) is 8.32. The number of rotatable bonds is 2. The third kappa shape index (κ3) is 2.87. The molecular formula is C9H19Si-. The monoisotopic (exact) mass is 155 g/mol. The van der Waals surface area contributed by atoms with Crippen LogP contribution in [0.2, 0.25) is 19.1 Å². The summed E-state index contributed by atoms with van der Waals surface area (Å²) in [5, 5.41) is 0. The first-order chi connectivity index (χ1) is 4.79. The molecular weight excluding hydrogens is 136 g/mol. The Hall–Kier alpha value is 0.217. The van der Waals surface area contributed by atoms with Crippen LogP contribution in [0.1, 0.15) is 32.1 Å². The van der Waals surface area contributed by atoms with Crippen LogP contribution in [0.4, 0.5) is 0 Å². The van der Waals surface area contributed by atoms with Crippen LogP contribution in [0.15, 0.2) is 0 Å². The number of hydrogen-bond acceptors (Lipinski definition) is 0. The molecule has 0 bridgehead atoms. The SMILES string of the molecule is C[Si-](C)CC1CCCCC1. The molecule has 10 heavy (non-hydrogen) atoms. The predicted octanol–water partition coefficient (Wildman–Crippen LogP) is 3.32. The van der Waals surface area contributed by atoms with Crippen molar-refractivity contribution in [2.45, 2.75) is 51.2 Å². The standard InChI is InChI=1S/C9H19Si/c1-10(2)8-9-6-4-3-5-7-9/h9H,3-8H2,1-2H3/q-1. The van der Waals surface area contributed by atoms with E-state index in [1.54, 1.807) is 6.04 Å². The van der Waals surface area contributed by atoms with E-state index in [0.29, 0.717) is 0 Å². The molecule has 1 fully saturated rings. The van der Waals surface area contributed by atoms with Gasteiger partial charge < -0.3 is 0 Å². The molecule has 0 radical (unpaired) electrons. The third-order valence-electron chi connectivity index (χ3n) is 2.42. The van der Waals surface area contributed by atoms with E-state index in [-0.39, 0.29) is 8.80 Å². The highest BCUT2D eigenvalue weighted by atomic mass is 28.3. The Morgan fingerprint density at radius 3 is 2.20 bits per heavy atom. The van der Waals surface area contributed by atoms with Crippen molar-refractivity contribution in [3.05, 3.63) is 0 Å². The second-order valence-electron chi connectivity index (χ2n) is 3.92. The molecule has 1 aliphatic carbocycles. The molecule has 0 N–H and O–H groups in total. The Morgan fingerprint density at radius 1 is 1.10 bits per heavy atom. The Morgan fingerprint density at radius 2 is 1.70 bits per heavy atom. The smallest absolute Gasteiger partial charge is 0.0531 e. The van der Waals surface area contributed by atoms with Crippen molar-refractivity contribution in [1.82, 2.24) is 0 Å². The van der Waals surface area contributed by atoms with Gasteiger partial charge in [-0.15, -0.1) is 0 Å². The van der Waals surface area contributed by atoms with Crippen molar-refractivity contribution in [3.63, 3.8) is 0 Å². The minimum atomic E-state index is 0.0665. The molecule has 0 aromatic rings. The van der Waals surface area contributed by atoms with Gasteiger partial charge in [0.15, 0.2) is 0 Å². The minimum absolute atomic E-state index is 0.0665. The van der Waals surface area contributed by atoms with Crippen LogP contribution in [-0.4, -0.2) is 8.80 Å². The zero-order chi connectivity index (χ0) is 7.40. The van der Waals surface area contributed by atoms with Gasteiger partial charge in [-0.05, 0) is 0 Å². The van der Waals surface area contributed by atoms with Gasteiger partial charge in [-0.25, -0.2) is 0 Å². The second kappa shape index (κ2) is 4.17. The minimum Gasteiger partial charge on any atom is -0.267 e. The van der Waals surface area contributed by atoms with E-state index >= 15 is 0 Å². The van der Waals surface area contributed by atoms with Crippen molar-refractivity contribution in [3.8, 4) is 0 Å². The maximum absolute atomic E-state index is 2.44. The maximum atomic E-state index is 2.44. The molecule has 1 rings (SSSR count). The molecule has 0 aliphatic heterocycles. The van der Waals surface area contributed by atoms with Crippen molar-refractivity contribution in [2.24, 2.45) is 5.92 Å². The lowest BCUT2D eigenvalue weighted by molar-refractivity contribution is 0.383. The summed E-state index contributed by atoms with van der Waals surface area (Å²) in [6.07, 6.45) is 7.61. The molecule has 1 heteroatoms. The molecule has 60 valence electrons. The van der Waals surface area contributed by atoms with Crippen LogP contribution in [0, 0.1) is 5.92 Å². The van der Waals surface area contributed by atoms with Crippen LogP contribution in [0.5, 0.6) is 0 Å². The quantitative estimate of drug-likeness (QED) is 0.537. The maximum Gasteiger partial charge on any atom is -0.0531 e. The van der Waals surface area contributed by atoms with Crippen molar-refractivity contribution in [2.75, 3.05) is 0 Å². The van der Waals surface area contributed by atoms with Gasteiger partial charge >= 0.3 is 0 Å². The molecule has 0 unspecified atom stereocenters. The molecule has 0 aromatic heterocycles. The summed E-state index contributed by atoms with van der Waals surface area (Å²) in [4.78, 5) is 0. The predicted molar refractivity (Wildman–Crippen MR) is 48.9 cm³/mol. The summed E-state index contributed by atoms with van der Waals surface area (Å²) in [6, 6.07) is 1.57. The Kier molecular flexibility index (Phi) is 3.47. The number of hydrogen-bond donors (Lipinski definition) is 0. The van der Waals surface area contributed by atoms with Crippen LogP contribution in [-0.2, 0) is 0 Å². The second-order valence-corrected chi connectivity index (χ2v) is 6.74. The third-order valence-corrected chi connectivity index (χ3v) is 3.82. The Labute approximate surface area is 66.6 Å². The molecule has 1 aliphatic rings. The molecule has 0 saturated heterocycles. The van der Waals surface area contributed by atoms with Gasteiger partial charge in [0.1, 0.15) is 0 Å². The van der Waals surface area contributed by atoms with E-state index in [9.17, 15) is 0 Å². The Bertz CT molecular complexity index is 82.7. The van der Waals surface area contributed by atoms with Crippen LogP contribution >= 0.6 is 0 Å². The molecule has 0 spiro atoms. The molecule has 0 atom stereocenters. The van der Waals surface area contributed by atoms with Gasteiger partial charge in [-0.2, -0.15) is 19.1 Å². The normalized spacial score (nSPS) is 21.9. The van der Waals surface area contributed by atoms with Gasteiger partial charge in [0.05, 0.1) is 0 Å². The Balaban J connectivity index is 2.13. The highest BCUT2D eigenvalue weighted by molar-refractivity contribution is 6.55. The average Bonchev–Trinajstić information content (AvgIpc) is 1.88. The van der Waals surface area contributed by atoms with E-state index in [0.717, 1.165) is 5.92 Å². The lowest BCUT2D eigenvalue weighted by Gasteiger charge is -2.28.